The summed E-state index contributed by atoms with van der Waals surface area (Å²) in [4.78, 5) is 11.7. The molecule has 0 saturated heterocycles. The number of nitrogens with one attached hydrogen (secondary N) is 1. The van der Waals surface area contributed by atoms with Crippen LogP contribution in [0, 0.1) is 0 Å². The van der Waals surface area contributed by atoms with Gasteiger partial charge >= 0.3 is 0 Å². The Kier molecular flexibility index (Phi) is 4.81. The number of carbonyl (C=O) groups is 1. The first-order chi connectivity index (χ1) is 11.3. The second-order valence-electron chi connectivity index (χ2n) is 5.58. The zero-order chi connectivity index (χ0) is 16.1. The Bertz CT molecular complexity index is 667. The lowest BCUT2D eigenvalue weighted by Gasteiger charge is -2.26. The van der Waals surface area contributed by atoms with Gasteiger partial charge in [0.2, 0.25) is 0 Å². The maximum absolute atomic E-state index is 11.7. The Morgan fingerprint density at radius 1 is 1.22 bits per heavy atom. The number of carbonyl (C=O) groups excluding carboxylic acids is 1. The van der Waals surface area contributed by atoms with Crippen molar-refractivity contribution < 1.29 is 14.3 Å². The molecule has 2 aromatic rings. The molecule has 1 atom stereocenters. The van der Waals surface area contributed by atoms with Crippen molar-refractivity contribution in [2.75, 3.05) is 13.2 Å². The van der Waals surface area contributed by atoms with Gasteiger partial charge in [0.05, 0.1) is 0 Å². The average Bonchev–Trinajstić information content (AvgIpc) is 2.60. The van der Waals surface area contributed by atoms with Crippen LogP contribution >= 0.6 is 0 Å². The molecule has 120 valence electrons. The quantitative estimate of drug-likeness (QED) is 0.922. The minimum absolute atomic E-state index is 0.0629. The molecule has 0 radical (unpaired) electrons. The molecule has 0 fully saturated rings. The summed E-state index contributed by atoms with van der Waals surface area (Å²) in [5.41, 5.74) is 1.90. The lowest BCUT2D eigenvalue weighted by atomic mass is 10.0. The predicted molar refractivity (Wildman–Crippen MR) is 89.1 cm³/mol. The zero-order valence-electron chi connectivity index (χ0n) is 13.2. The van der Waals surface area contributed by atoms with Crippen LogP contribution in [-0.4, -0.2) is 25.2 Å². The number of fused-ring (bicyclic) bond motifs is 1. The van der Waals surface area contributed by atoms with E-state index in [2.05, 4.69) is 11.4 Å². The summed E-state index contributed by atoms with van der Waals surface area (Å²) in [6.45, 7) is 3.03. The maximum Gasteiger partial charge on any atom is 0.251 e. The molecule has 3 rings (SSSR count). The van der Waals surface area contributed by atoms with Crippen molar-refractivity contribution in [3.05, 3.63) is 59.7 Å². The summed E-state index contributed by atoms with van der Waals surface area (Å²) in [6, 6.07) is 15.3. The standard InChI is InChI=1S/C19H21NO3/c1-2-20-19(21)15-8-10-16(11-9-15)22-13-17-12-7-14-5-3-4-6-18(14)23-17/h3-6,8-11,17H,2,7,12-13H2,1H3,(H,20,21). The van der Waals surface area contributed by atoms with Gasteiger partial charge in [0.25, 0.3) is 5.91 Å². The zero-order valence-corrected chi connectivity index (χ0v) is 13.2. The second-order valence-corrected chi connectivity index (χ2v) is 5.58. The van der Waals surface area contributed by atoms with E-state index in [-0.39, 0.29) is 12.0 Å². The molecule has 2 aromatic carbocycles. The number of benzene rings is 2. The van der Waals surface area contributed by atoms with Crippen LogP contribution in [0.5, 0.6) is 11.5 Å². The third kappa shape index (κ3) is 3.83. The van der Waals surface area contributed by atoms with E-state index in [1.54, 1.807) is 12.1 Å². The van der Waals surface area contributed by atoms with Gasteiger partial charge < -0.3 is 14.8 Å². The van der Waals surface area contributed by atoms with E-state index in [4.69, 9.17) is 9.47 Å². The molecule has 0 spiro atoms. The largest absolute Gasteiger partial charge is 0.490 e. The van der Waals surface area contributed by atoms with Crippen LogP contribution in [0.3, 0.4) is 0 Å². The molecule has 4 heteroatoms. The van der Waals surface area contributed by atoms with E-state index in [9.17, 15) is 4.79 Å². The number of amides is 1. The Labute approximate surface area is 136 Å². The topological polar surface area (TPSA) is 47.6 Å². The van der Waals surface area contributed by atoms with E-state index < -0.39 is 0 Å². The first kappa shape index (κ1) is 15.4. The summed E-state index contributed by atoms with van der Waals surface area (Å²) >= 11 is 0. The van der Waals surface area contributed by atoms with Crippen LogP contribution in [0.1, 0.15) is 29.3 Å². The number of rotatable bonds is 5. The van der Waals surface area contributed by atoms with Crippen LogP contribution in [0.15, 0.2) is 48.5 Å². The highest BCUT2D eigenvalue weighted by Crippen LogP contribution is 2.27. The summed E-state index contributed by atoms with van der Waals surface area (Å²) in [5.74, 6) is 1.64. The summed E-state index contributed by atoms with van der Waals surface area (Å²) in [7, 11) is 0. The van der Waals surface area contributed by atoms with Gasteiger partial charge in [0.1, 0.15) is 24.2 Å². The predicted octanol–water partition coefficient (Wildman–Crippen LogP) is 3.21. The molecule has 1 unspecified atom stereocenters. The van der Waals surface area contributed by atoms with E-state index in [0.29, 0.717) is 18.7 Å². The molecule has 0 saturated carbocycles. The molecule has 0 aromatic heterocycles. The van der Waals surface area contributed by atoms with Gasteiger partial charge in [-0.25, -0.2) is 0 Å². The van der Waals surface area contributed by atoms with Crippen LogP contribution < -0.4 is 14.8 Å². The molecule has 23 heavy (non-hydrogen) atoms. The summed E-state index contributed by atoms with van der Waals surface area (Å²) in [6.07, 6.45) is 2.03. The van der Waals surface area contributed by atoms with Crippen molar-refractivity contribution in [2.24, 2.45) is 0 Å². The normalized spacial score (nSPS) is 16.1. The first-order valence-corrected chi connectivity index (χ1v) is 8.02. The summed E-state index contributed by atoms with van der Waals surface area (Å²) in [5, 5.41) is 2.77. The monoisotopic (exact) mass is 311 g/mol. The Hall–Kier alpha value is -2.49. The highest BCUT2D eigenvalue weighted by atomic mass is 16.5. The molecular formula is C19H21NO3. The van der Waals surface area contributed by atoms with Gasteiger partial charge in [-0.1, -0.05) is 18.2 Å². The number of hydrogen-bond acceptors (Lipinski definition) is 3. The van der Waals surface area contributed by atoms with Crippen molar-refractivity contribution in [1.82, 2.24) is 5.32 Å². The molecule has 1 aliphatic rings. The molecule has 1 aliphatic heterocycles. The fraction of sp³-hybridized carbons (Fsp3) is 0.316. The number of hydrogen-bond donors (Lipinski definition) is 1. The molecule has 4 nitrogen and oxygen atoms in total. The Balaban J connectivity index is 1.54. The molecule has 1 heterocycles. The van der Waals surface area contributed by atoms with Crippen LogP contribution in [0.25, 0.3) is 0 Å². The Morgan fingerprint density at radius 3 is 2.78 bits per heavy atom. The van der Waals surface area contributed by atoms with Crippen molar-refractivity contribution in [3.8, 4) is 11.5 Å². The molecule has 1 amide bonds. The highest BCUT2D eigenvalue weighted by molar-refractivity contribution is 5.94. The van der Waals surface area contributed by atoms with Gasteiger partial charge in [-0.15, -0.1) is 0 Å². The van der Waals surface area contributed by atoms with Gasteiger partial charge in [-0.05, 0) is 55.7 Å². The molecular weight excluding hydrogens is 290 g/mol. The minimum atomic E-state index is -0.0636. The molecule has 0 bridgehead atoms. The number of ether oxygens (including phenoxy) is 2. The lowest BCUT2D eigenvalue weighted by molar-refractivity contribution is 0.0955. The second kappa shape index (κ2) is 7.18. The number of aryl methyl sites for hydroxylation is 1. The smallest absolute Gasteiger partial charge is 0.251 e. The van der Waals surface area contributed by atoms with Crippen molar-refractivity contribution in [3.63, 3.8) is 0 Å². The fourth-order valence-electron chi connectivity index (χ4n) is 2.65. The first-order valence-electron chi connectivity index (χ1n) is 8.02. The van der Waals surface area contributed by atoms with Crippen molar-refractivity contribution >= 4 is 5.91 Å². The average molecular weight is 311 g/mol. The van der Waals surface area contributed by atoms with Crippen LogP contribution in [-0.2, 0) is 6.42 Å². The maximum atomic E-state index is 11.7. The van der Waals surface area contributed by atoms with E-state index in [1.165, 1.54) is 5.56 Å². The Morgan fingerprint density at radius 2 is 2.00 bits per heavy atom. The van der Waals surface area contributed by atoms with Gasteiger partial charge in [0.15, 0.2) is 0 Å². The SMILES string of the molecule is CCNC(=O)c1ccc(OCC2CCc3ccccc3O2)cc1. The molecule has 1 N–H and O–H groups in total. The van der Waals surface area contributed by atoms with Gasteiger partial charge in [-0.3, -0.25) is 4.79 Å². The lowest BCUT2D eigenvalue weighted by Crippen LogP contribution is -2.29. The van der Waals surface area contributed by atoms with E-state index in [1.807, 2.05) is 37.3 Å². The fourth-order valence-corrected chi connectivity index (χ4v) is 2.65. The molecule has 0 aliphatic carbocycles. The third-order valence-corrected chi connectivity index (χ3v) is 3.89. The third-order valence-electron chi connectivity index (χ3n) is 3.89. The van der Waals surface area contributed by atoms with E-state index >= 15 is 0 Å². The van der Waals surface area contributed by atoms with Crippen LogP contribution in [0.2, 0.25) is 0 Å². The minimum Gasteiger partial charge on any atom is -0.490 e. The van der Waals surface area contributed by atoms with Crippen molar-refractivity contribution in [1.29, 1.82) is 0 Å². The van der Waals surface area contributed by atoms with Gasteiger partial charge in [-0.2, -0.15) is 0 Å². The van der Waals surface area contributed by atoms with Crippen LogP contribution in [0.4, 0.5) is 0 Å². The highest BCUT2D eigenvalue weighted by Gasteiger charge is 2.19. The van der Waals surface area contributed by atoms with Gasteiger partial charge in [0, 0.05) is 12.1 Å². The number of para-hydroxylation sites is 1. The van der Waals surface area contributed by atoms with E-state index in [0.717, 1.165) is 24.3 Å². The summed E-state index contributed by atoms with van der Waals surface area (Å²) < 4.78 is 11.8. The van der Waals surface area contributed by atoms with Crippen molar-refractivity contribution in [2.45, 2.75) is 25.9 Å².